The van der Waals surface area contributed by atoms with Crippen molar-refractivity contribution in [2.24, 2.45) is 5.41 Å². The standard InChI is InChI=1S/C12H16ClN3O3/c1-12(2,6-13)11(19)16-4-3-8-7(5-16)9(10(17)18)15-14-8/h3-6H2,1-2H3,(H,14,15)(H,17,18). The Labute approximate surface area is 115 Å². The fourth-order valence-corrected chi connectivity index (χ4v) is 2.24. The maximum absolute atomic E-state index is 12.3. The van der Waals surface area contributed by atoms with Crippen molar-refractivity contribution >= 4 is 23.5 Å². The molecule has 6 nitrogen and oxygen atoms in total. The van der Waals surface area contributed by atoms with Crippen LogP contribution in [0.5, 0.6) is 0 Å². The largest absolute Gasteiger partial charge is 0.476 e. The number of aromatic carboxylic acids is 1. The van der Waals surface area contributed by atoms with Crippen LogP contribution in [-0.2, 0) is 17.8 Å². The third-order valence-corrected chi connectivity index (χ3v) is 4.00. The van der Waals surface area contributed by atoms with Crippen LogP contribution >= 0.6 is 11.6 Å². The lowest BCUT2D eigenvalue weighted by Gasteiger charge is -2.33. The third kappa shape index (κ3) is 2.45. The Kier molecular flexibility index (Phi) is 3.54. The number of aromatic amines is 1. The quantitative estimate of drug-likeness (QED) is 0.819. The summed E-state index contributed by atoms with van der Waals surface area (Å²) >= 11 is 5.81. The number of H-pyrrole nitrogens is 1. The van der Waals surface area contributed by atoms with Gasteiger partial charge in [-0.1, -0.05) is 0 Å². The minimum absolute atomic E-state index is 0.00354. The second kappa shape index (κ2) is 4.85. The van der Waals surface area contributed by atoms with Gasteiger partial charge in [0.1, 0.15) is 0 Å². The number of aromatic nitrogens is 2. The van der Waals surface area contributed by atoms with E-state index in [0.717, 1.165) is 5.69 Å². The van der Waals surface area contributed by atoms with Gasteiger partial charge in [0.2, 0.25) is 5.91 Å². The Morgan fingerprint density at radius 3 is 2.79 bits per heavy atom. The molecule has 0 atom stereocenters. The van der Waals surface area contributed by atoms with E-state index in [9.17, 15) is 9.59 Å². The van der Waals surface area contributed by atoms with Crippen molar-refractivity contribution < 1.29 is 14.7 Å². The van der Waals surface area contributed by atoms with Gasteiger partial charge in [-0.2, -0.15) is 5.10 Å². The minimum Gasteiger partial charge on any atom is -0.476 e. The molecule has 1 aliphatic rings. The van der Waals surface area contributed by atoms with Gasteiger partial charge in [0, 0.05) is 36.6 Å². The molecule has 0 bridgehead atoms. The molecular formula is C12H16ClN3O3. The molecule has 19 heavy (non-hydrogen) atoms. The summed E-state index contributed by atoms with van der Waals surface area (Å²) in [6, 6.07) is 0. The Bertz CT molecular complexity index is 524. The van der Waals surface area contributed by atoms with Gasteiger partial charge < -0.3 is 10.0 Å². The molecule has 2 heterocycles. The number of nitrogens with one attached hydrogen (secondary N) is 1. The molecule has 0 fully saturated rings. The van der Waals surface area contributed by atoms with Crippen molar-refractivity contribution in [3.63, 3.8) is 0 Å². The van der Waals surface area contributed by atoms with Gasteiger partial charge in [0.25, 0.3) is 0 Å². The van der Waals surface area contributed by atoms with Crippen LogP contribution in [0.2, 0.25) is 0 Å². The van der Waals surface area contributed by atoms with Crippen LogP contribution in [0.4, 0.5) is 0 Å². The molecule has 0 unspecified atom stereocenters. The van der Waals surface area contributed by atoms with Crippen LogP contribution in [0.25, 0.3) is 0 Å². The highest BCUT2D eigenvalue weighted by Crippen LogP contribution is 2.26. The Balaban J connectivity index is 2.24. The Morgan fingerprint density at radius 1 is 1.53 bits per heavy atom. The molecule has 104 valence electrons. The lowest BCUT2D eigenvalue weighted by atomic mass is 9.92. The van der Waals surface area contributed by atoms with Crippen LogP contribution in [0.15, 0.2) is 0 Å². The average Bonchev–Trinajstić information content (AvgIpc) is 2.80. The number of fused-ring (bicyclic) bond motifs is 1. The van der Waals surface area contributed by atoms with Gasteiger partial charge in [0.05, 0.1) is 5.41 Å². The summed E-state index contributed by atoms with van der Waals surface area (Å²) in [7, 11) is 0. The molecule has 1 aromatic rings. The average molecular weight is 286 g/mol. The van der Waals surface area contributed by atoms with Crippen molar-refractivity contribution in [3.8, 4) is 0 Å². The summed E-state index contributed by atoms with van der Waals surface area (Å²) in [6.45, 7) is 4.39. The van der Waals surface area contributed by atoms with E-state index in [1.54, 1.807) is 18.7 Å². The summed E-state index contributed by atoms with van der Waals surface area (Å²) in [6.07, 6.45) is 0.583. The predicted molar refractivity (Wildman–Crippen MR) is 69.2 cm³/mol. The van der Waals surface area contributed by atoms with Gasteiger partial charge in [0.15, 0.2) is 5.69 Å². The molecule has 7 heteroatoms. The first-order chi connectivity index (χ1) is 8.86. The Hall–Kier alpha value is -1.56. The number of carbonyl (C=O) groups excluding carboxylic acids is 1. The molecule has 1 aliphatic heterocycles. The van der Waals surface area contributed by atoms with Crippen molar-refractivity contribution in [1.29, 1.82) is 0 Å². The summed E-state index contributed by atoms with van der Waals surface area (Å²) in [5, 5.41) is 15.6. The zero-order valence-electron chi connectivity index (χ0n) is 10.9. The third-order valence-electron chi connectivity index (χ3n) is 3.34. The molecule has 1 amide bonds. The molecule has 0 spiro atoms. The van der Waals surface area contributed by atoms with Crippen molar-refractivity contribution in [1.82, 2.24) is 15.1 Å². The number of halogens is 1. The van der Waals surface area contributed by atoms with Crippen LogP contribution in [0.3, 0.4) is 0 Å². The molecule has 0 radical (unpaired) electrons. The summed E-state index contributed by atoms with van der Waals surface area (Å²) < 4.78 is 0. The maximum atomic E-state index is 12.3. The van der Waals surface area contributed by atoms with E-state index in [-0.39, 0.29) is 24.0 Å². The highest BCUT2D eigenvalue weighted by atomic mass is 35.5. The number of carboxylic acid groups (broad SMARTS) is 1. The highest BCUT2D eigenvalue weighted by Gasteiger charge is 2.34. The number of hydrogen-bond acceptors (Lipinski definition) is 3. The number of rotatable bonds is 3. The molecule has 0 saturated carbocycles. The summed E-state index contributed by atoms with van der Waals surface area (Å²) in [5.74, 6) is -0.916. The lowest BCUT2D eigenvalue weighted by Crippen LogP contribution is -2.44. The fourth-order valence-electron chi connectivity index (χ4n) is 2.13. The molecule has 0 aliphatic carbocycles. The number of alkyl halides is 1. The lowest BCUT2D eigenvalue weighted by molar-refractivity contribution is -0.140. The zero-order valence-corrected chi connectivity index (χ0v) is 11.6. The topological polar surface area (TPSA) is 86.3 Å². The second-order valence-corrected chi connectivity index (χ2v) is 5.60. The van der Waals surface area contributed by atoms with E-state index in [0.29, 0.717) is 18.5 Å². The molecular weight excluding hydrogens is 270 g/mol. The first-order valence-electron chi connectivity index (χ1n) is 6.01. The molecule has 0 saturated heterocycles. The summed E-state index contributed by atoms with van der Waals surface area (Å²) in [5.41, 5.74) is 0.741. The van der Waals surface area contributed by atoms with Gasteiger partial charge in [-0.25, -0.2) is 4.79 Å². The Morgan fingerprint density at radius 2 is 2.21 bits per heavy atom. The van der Waals surface area contributed by atoms with Gasteiger partial charge in [-0.15, -0.1) is 11.6 Å². The van der Waals surface area contributed by atoms with Crippen LogP contribution in [0, 0.1) is 5.41 Å². The summed E-state index contributed by atoms with van der Waals surface area (Å²) in [4.78, 5) is 25.0. The SMILES string of the molecule is CC(C)(CCl)C(=O)N1CCc2[nH]nc(C(=O)O)c2C1. The first-order valence-corrected chi connectivity index (χ1v) is 6.55. The van der Waals surface area contributed by atoms with Gasteiger partial charge in [-0.05, 0) is 13.8 Å². The smallest absolute Gasteiger partial charge is 0.356 e. The number of carbonyl (C=O) groups is 2. The number of amides is 1. The fraction of sp³-hybridized carbons (Fsp3) is 0.583. The molecule has 2 rings (SSSR count). The van der Waals surface area contributed by atoms with Gasteiger partial charge in [-0.3, -0.25) is 9.89 Å². The van der Waals surface area contributed by atoms with Crippen molar-refractivity contribution in [2.75, 3.05) is 12.4 Å². The number of hydrogen-bond donors (Lipinski definition) is 2. The normalized spacial score (nSPS) is 15.2. The van der Waals surface area contributed by atoms with E-state index in [1.807, 2.05) is 0 Å². The highest BCUT2D eigenvalue weighted by molar-refractivity contribution is 6.19. The monoisotopic (exact) mass is 285 g/mol. The van der Waals surface area contributed by atoms with E-state index >= 15 is 0 Å². The molecule has 2 N–H and O–H groups in total. The van der Waals surface area contributed by atoms with Crippen LogP contribution in [0.1, 0.15) is 35.6 Å². The van der Waals surface area contributed by atoms with E-state index in [1.165, 1.54) is 0 Å². The maximum Gasteiger partial charge on any atom is 0.356 e. The molecule has 1 aromatic heterocycles. The second-order valence-electron chi connectivity index (χ2n) is 5.33. The van der Waals surface area contributed by atoms with Crippen molar-refractivity contribution in [3.05, 3.63) is 17.0 Å². The zero-order chi connectivity index (χ0) is 14.2. The van der Waals surface area contributed by atoms with Crippen LogP contribution in [-0.4, -0.2) is 44.5 Å². The van der Waals surface area contributed by atoms with E-state index in [4.69, 9.17) is 16.7 Å². The van der Waals surface area contributed by atoms with E-state index in [2.05, 4.69) is 10.2 Å². The number of carboxylic acids is 1. The van der Waals surface area contributed by atoms with Crippen LogP contribution < -0.4 is 0 Å². The van der Waals surface area contributed by atoms with E-state index < -0.39 is 11.4 Å². The first kappa shape index (κ1) is 13.9. The number of nitrogens with zero attached hydrogens (tertiary/aromatic N) is 2. The van der Waals surface area contributed by atoms with Crippen molar-refractivity contribution in [2.45, 2.75) is 26.8 Å². The minimum atomic E-state index is -1.08. The molecule has 0 aromatic carbocycles. The van der Waals surface area contributed by atoms with Gasteiger partial charge >= 0.3 is 5.97 Å². The predicted octanol–water partition coefficient (Wildman–Crippen LogP) is 1.26.